The van der Waals surface area contributed by atoms with Gasteiger partial charge in [0.25, 0.3) is 0 Å². The number of anilines is 1. The van der Waals surface area contributed by atoms with Crippen molar-refractivity contribution in [1.82, 2.24) is 9.97 Å². The standard InChI is InChI=1S/C18H14ClF2N3O/c1-10(16-13(20)2-3-14(21)17(16)19)25-15-8-12(9-24-18(15)22)11-4-6-23-7-5-11/h2-10H,1H3,(H2,22,24). The highest BCUT2D eigenvalue weighted by molar-refractivity contribution is 6.31. The zero-order valence-electron chi connectivity index (χ0n) is 13.2. The smallest absolute Gasteiger partial charge is 0.166 e. The average Bonchev–Trinajstić information content (AvgIpc) is 2.61. The van der Waals surface area contributed by atoms with Gasteiger partial charge in [0, 0.05) is 29.7 Å². The average molecular weight is 362 g/mol. The van der Waals surface area contributed by atoms with Crippen LogP contribution in [-0.2, 0) is 0 Å². The van der Waals surface area contributed by atoms with Gasteiger partial charge in [0.15, 0.2) is 11.6 Å². The Labute approximate surface area is 148 Å². The van der Waals surface area contributed by atoms with Crippen LogP contribution in [0.1, 0.15) is 18.6 Å². The van der Waals surface area contributed by atoms with Crippen molar-refractivity contribution in [2.75, 3.05) is 5.73 Å². The highest BCUT2D eigenvalue weighted by Crippen LogP contribution is 2.34. The Balaban J connectivity index is 1.94. The Morgan fingerprint density at radius 2 is 1.76 bits per heavy atom. The van der Waals surface area contributed by atoms with E-state index < -0.39 is 17.7 Å². The summed E-state index contributed by atoms with van der Waals surface area (Å²) in [6.45, 7) is 1.56. The van der Waals surface area contributed by atoms with Crippen LogP contribution >= 0.6 is 11.6 Å². The van der Waals surface area contributed by atoms with Gasteiger partial charge in [-0.3, -0.25) is 4.98 Å². The first-order chi connectivity index (χ1) is 12.0. The fourth-order valence-electron chi connectivity index (χ4n) is 2.42. The van der Waals surface area contributed by atoms with Gasteiger partial charge in [-0.05, 0) is 42.8 Å². The number of nitrogen functional groups attached to an aromatic ring is 1. The van der Waals surface area contributed by atoms with Gasteiger partial charge in [-0.2, -0.15) is 0 Å². The summed E-state index contributed by atoms with van der Waals surface area (Å²) in [4.78, 5) is 8.05. The van der Waals surface area contributed by atoms with Gasteiger partial charge in [0.2, 0.25) is 0 Å². The summed E-state index contributed by atoms with van der Waals surface area (Å²) in [6.07, 6.45) is 4.03. The van der Waals surface area contributed by atoms with Gasteiger partial charge >= 0.3 is 0 Å². The number of halogens is 3. The lowest BCUT2D eigenvalue weighted by molar-refractivity contribution is 0.221. The molecule has 2 heterocycles. The first kappa shape index (κ1) is 17.1. The highest BCUT2D eigenvalue weighted by atomic mass is 35.5. The molecule has 2 aromatic heterocycles. The highest BCUT2D eigenvalue weighted by Gasteiger charge is 2.21. The molecule has 1 unspecified atom stereocenters. The van der Waals surface area contributed by atoms with E-state index in [1.165, 1.54) is 0 Å². The van der Waals surface area contributed by atoms with E-state index in [4.69, 9.17) is 22.1 Å². The molecule has 0 aliphatic rings. The maximum atomic E-state index is 14.0. The minimum Gasteiger partial charge on any atom is -0.482 e. The lowest BCUT2D eigenvalue weighted by Crippen LogP contribution is -2.09. The van der Waals surface area contributed by atoms with Gasteiger partial charge in [-0.1, -0.05) is 11.6 Å². The van der Waals surface area contributed by atoms with Crippen molar-refractivity contribution in [3.05, 3.63) is 71.1 Å². The molecule has 1 atom stereocenters. The summed E-state index contributed by atoms with van der Waals surface area (Å²) in [5, 5.41) is -0.315. The molecule has 3 aromatic rings. The molecule has 0 fully saturated rings. The second-order valence-electron chi connectivity index (χ2n) is 5.36. The molecule has 0 aliphatic heterocycles. The summed E-state index contributed by atoms with van der Waals surface area (Å²) in [6, 6.07) is 7.27. The molecule has 0 spiro atoms. The number of benzene rings is 1. The first-order valence-corrected chi connectivity index (χ1v) is 7.81. The SMILES string of the molecule is CC(Oc1cc(-c2ccncc2)cnc1N)c1c(F)ccc(F)c1Cl. The molecule has 0 amide bonds. The van der Waals surface area contributed by atoms with E-state index in [0.29, 0.717) is 0 Å². The normalized spacial score (nSPS) is 12.0. The lowest BCUT2D eigenvalue weighted by Gasteiger charge is -2.18. The second kappa shape index (κ2) is 7.03. The van der Waals surface area contributed by atoms with Crippen molar-refractivity contribution in [3.8, 4) is 16.9 Å². The van der Waals surface area contributed by atoms with Gasteiger partial charge in [0.1, 0.15) is 17.7 Å². The molecule has 0 aliphatic carbocycles. The van der Waals surface area contributed by atoms with Crippen LogP contribution in [0.3, 0.4) is 0 Å². The quantitative estimate of drug-likeness (QED) is 0.678. The largest absolute Gasteiger partial charge is 0.482 e. The summed E-state index contributed by atoms with van der Waals surface area (Å²) >= 11 is 5.88. The Hall–Kier alpha value is -2.73. The number of rotatable bonds is 4. The molecule has 25 heavy (non-hydrogen) atoms. The van der Waals surface area contributed by atoms with Crippen molar-refractivity contribution in [3.63, 3.8) is 0 Å². The summed E-state index contributed by atoms with van der Waals surface area (Å²) in [5.74, 6) is -0.986. The van der Waals surface area contributed by atoms with Crippen molar-refractivity contribution in [2.45, 2.75) is 13.0 Å². The summed E-state index contributed by atoms with van der Waals surface area (Å²) in [7, 11) is 0. The van der Waals surface area contributed by atoms with Crippen LogP contribution < -0.4 is 10.5 Å². The number of hydrogen-bond donors (Lipinski definition) is 1. The molecule has 7 heteroatoms. The van der Waals surface area contributed by atoms with E-state index in [2.05, 4.69) is 9.97 Å². The van der Waals surface area contributed by atoms with Crippen LogP contribution in [0.5, 0.6) is 5.75 Å². The molecule has 0 saturated heterocycles. The minimum atomic E-state index is -0.861. The van der Waals surface area contributed by atoms with E-state index in [0.717, 1.165) is 23.3 Å². The number of hydrogen-bond acceptors (Lipinski definition) is 4. The summed E-state index contributed by atoms with van der Waals surface area (Å²) in [5.41, 5.74) is 7.40. The number of pyridine rings is 2. The van der Waals surface area contributed by atoms with Crippen LogP contribution in [0.2, 0.25) is 5.02 Å². The topological polar surface area (TPSA) is 61.0 Å². The number of ether oxygens (including phenoxy) is 1. The number of aromatic nitrogens is 2. The molecule has 128 valence electrons. The third-order valence-corrected chi connectivity index (χ3v) is 4.07. The van der Waals surface area contributed by atoms with Crippen LogP contribution in [0.15, 0.2) is 48.9 Å². The zero-order chi connectivity index (χ0) is 18.0. The second-order valence-corrected chi connectivity index (χ2v) is 5.74. The minimum absolute atomic E-state index is 0.0737. The fourth-order valence-corrected chi connectivity index (χ4v) is 2.72. The predicted octanol–water partition coefficient (Wildman–Crippen LogP) is 4.80. The number of nitrogens with two attached hydrogens (primary N) is 1. The predicted molar refractivity (Wildman–Crippen MR) is 92.3 cm³/mol. The van der Waals surface area contributed by atoms with E-state index >= 15 is 0 Å². The van der Waals surface area contributed by atoms with E-state index in [-0.39, 0.29) is 22.2 Å². The third-order valence-electron chi connectivity index (χ3n) is 3.69. The Kier molecular flexibility index (Phi) is 4.81. The van der Waals surface area contributed by atoms with E-state index in [1.807, 2.05) is 12.1 Å². The van der Waals surface area contributed by atoms with Gasteiger partial charge in [-0.25, -0.2) is 13.8 Å². The molecular weight excluding hydrogens is 348 g/mol. The molecular formula is C18H14ClF2N3O. The lowest BCUT2D eigenvalue weighted by atomic mass is 10.1. The van der Waals surface area contributed by atoms with Crippen molar-refractivity contribution >= 4 is 17.4 Å². The third kappa shape index (κ3) is 3.53. The van der Waals surface area contributed by atoms with Crippen LogP contribution in [0.4, 0.5) is 14.6 Å². The molecule has 4 nitrogen and oxygen atoms in total. The first-order valence-electron chi connectivity index (χ1n) is 7.43. The van der Waals surface area contributed by atoms with Crippen molar-refractivity contribution < 1.29 is 13.5 Å². The Bertz CT molecular complexity index is 906. The number of nitrogens with zero attached hydrogens (tertiary/aromatic N) is 2. The maximum absolute atomic E-state index is 14.0. The molecule has 0 bridgehead atoms. The molecule has 3 rings (SSSR count). The van der Waals surface area contributed by atoms with Crippen molar-refractivity contribution in [2.24, 2.45) is 0 Å². The van der Waals surface area contributed by atoms with Crippen LogP contribution in [0, 0.1) is 11.6 Å². The summed E-state index contributed by atoms with van der Waals surface area (Å²) < 4.78 is 33.4. The van der Waals surface area contributed by atoms with Gasteiger partial charge in [0.05, 0.1) is 5.02 Å². The van der Waals surface area contributed by atoms with Crippen molar-refractivity contribution in [1.29, 1.82) is 0 Å². The van der Waals surface area contributed by atoms with E-state index in [1.54, 1.807) is 31.6 Å². The van der Waals surface area contributed by atoms with Gasteiger partial charge in [-0.15, -0.1) is 0 Å². The van der Waals surface area contributed by atoms with Crippen LogP contribution in [0.25, 0.3) is 11.1 Å². The van der Waals surface area contributed by atoms with Crippen LogP contribution in [-0.4, -0.2) is 9.97 Å². The molecule has 1 aromatic carbocycles. The van der Waals surface area contributed by atoms with Gasteiger partial charge < -0.3 is 10.5 Å². The molecule has 0 radical (unpaired) electrons. The molecule has 2 N–H and O–H groups in total. The maximum Gasteiger partial charge on any atom is 0.166 e. The zero-order valence-corrected chi connectivity index (χ0v) is 14.0. The van der Waals surface area contributed by atoms with E-state index in [9.17, 15) is 8.78 Å². The Morgan fingerprint density at radius 1 is 1.08 bits per heavy atom. The molecule has 0 saturated carbocycles. The Morgan fingerprint density at radius 3 is 2.48 bits per heavy atom. The fraction of sp³-hybridized carbons (Fsp3) is 0.111. The monoisotopic (exact) mass is 361 g/mol.